The summed E-state index contributed by atoms with van der Waals surface area (Å²) in [6.07, 6.45) is 1.69. The third-order valence-electron chi connectivity index (χ3n) is 5.39. The second kappa shape index (κ2) is 9.22. The number of benzene rings is 2. The zero-order chi connectivity index (χ0) is 21.0. The maximum atomic E-state index is 12.6. The highest BCUT2D eigenvalue weighted by Gasteiger charge is 2.41. The lowest BCUT2D eigenvalue weighted by atomic mass is 9.97. The van der Waals surface area contributed by atoms with Crippen molar-refractivity contribution in [2.75, 3.05) is 14.2 Å². The lowest BCUT2D eigenvalue weighted by Gasteiger charge is -2.30. The molecule has 3 atom stereocenters. The molecule has 3 rings (SSSR count). The number of likely N-dealkylation sites (tertiary alicyclic amines) is 1. The number of hydrogen-bond acceptors (Lipinski definition) is 5. The second-order valence-corrected chi connectivity index (χ2v) is 7.13. The van der Waals surface area contributed by atoms with Gasteiger partial charge in [0, 0.05) is 12.6 Å². The van der Waals surface area contributed by atoms with Gasteiger partial charge in [0.2, 0.25) is 0 Å². The number of rotatable bonds is 8. The predicted molar refractivity (Wildman–Crippen MR) is 105 cm³/mol. The first-order chi connectivity index (χ1) is 14.0. The molecule has 1 aliphatic heterocycles. The molecule has 1 saturated heterocycles. The van der Waals surface area contributed by atoms with E-state index in [0.717, 1.165) is 23.8 Å². The van der Waals surface area contributed by atoms with Gasteiger partial charge < -0.3 is 19.0 Å². The summed E-state index contributed by atoms with van der Waals surface area (Å²) in [5, 5.41) is 0. The highest BCUT2D eigenvalue weighted by Crippen LogP contribution is 2.46. The summed E-state index contributed by atoms with van der Waals surface area (Å²) in [5.74, 6) is 1.59. The molecule has 0 bridgehead atoms. The van der Waals surface area contributed by atoms with E-state index in [1.165, 1.54) is 6.07 Å². The minimum atomic E-state index is -2.88. The fourth-order valence-corrected chi connectivity index (χ4v) is 4.11. The number of hydrogen-bond donors (Lipinski definition) is 0. The molecule has 1 heterocycles. The van der Waals surface area contributed by atoms with Crippen LogP contribution in [-0.4, -0.2) is 38.1 Å². The first kappa shape index (κ1) is 21.0. The van der Waals surface area contributed by atoms with Gasteiger partial charge in [-0.2, -0.15) is 8.78 Å². The Labute approximate surface area is 169 Å². The highest BCUT2D eigenvalue weighted by molar-refractivity contribution is 5.60. The van der Waals surface area contributed by atoms with Crippen molar-refractivity contribution in [2.45, 2.75) is 38.6 Å². The van der Waals surface area contributed by atoms with Gasteiger partial charge in [-0.05, 0) is 42.2 Å². The third-order valence-corrected chi connectivity index (χ3v) is 5.39. The smallest absolute Gasteiger partial charge is 0.387 e. The Morgan fingerprint density at radius 3 is 2.38 bits per heavy atom. The number of carbonyl (C=O) groups is 1. The fourth-order valence-electron chi connectivity index (χ4n) is 4.11. The molecule has 1 fully saturated rings. The quantitative estimate of drug-likeness (QED) is 0.607. The summed E-state index contributed by atoms with van der Waals surface area (Å²) in [5.41, 5.74) is 1.66. The van der Waals surface area contributed by atoms with E-state index in [2.05, 4.69) is 9.64 Å². The van der Waals surface area contributed by atoms with Gasteiger partial charge in [0.05, 0.1) is 25.8 Å². The van der Waals surface area contributed by atoms with Crippen molar-refractivity contribution in [1.29, 1.82) is 0 Å². The first-order valence-electron chi connectivity index (χ1n) is 9.44. The molecule has 0 aromatic heterocycles. The SMILES string of the molecule is COc1cccc(OC)c1C1CC(C)C(C=O)N1Cc1cccc(OC(F)F)c1. The Balaban J connectivity index is 1.98. The number of nitrogens with zero attached hydrogens (tertiary/aromatic N) is 1. The maximum Gasteiger partial charge on any atom is 0.387 e. The predicted octanol–water partition coefficient (Wildman–Crippen LogP) is 4.46. The van der Waals surface area contributed by atoms with Crippen LogP contribution in [0.5, 0.6) is 17.2 Å². The van der Waals surface area contributed by atoms with Crippen LogP contribution in [-0.2, 0) is 11.3 Å². The Kier molecular flexibility index (Phi) is 6.69. The number of halogens is 2. The van der Waals surface area contributed by atoms with Gasteiger partial charge in [0.25, 0.3) is 0 Å². The van der Waals surface area contributed by atoms with E-state index in [1.807, 2.05) is 31.2 Å². The molecule has 1 aliphatic rings. The monoisotopic (exact) mass is 405 g/mol. The topological polar surface area (TPSA) is 48.0 Å². The zero-order valence-electron chi connectivity index (χ0n) is 16.7. The van der Waals surface area contributed by atoms with Crippen LogP contribution in [0.3, 0.4) is 0 Å². The summed E-state index contributed by atoms with van der Waals surface area (Å²) in [7, 11) is 3.20. The van der Waals surface area contributed by atoms with E-state index in [0.29, 0.717) is 18.0 Å². The molecule has 0 spiro atoms. The molecule has 0 radical (unpaired) electrons. The maximum absolute atomic E-state index is 12.6. The van der Waals surface area contributed by atoms with E-state index in [4.69, 9.17) is 9.47 Å². The van der Waals surface area contributed by atoms with Crippen molar-refractivity contribution < 1.29 is 27.8 Å². The van der Waals surface area contributed by atoms with Gasteiger partial charge in [-0.1, -0.05) is 25.1 Å². The number of ether oxygens (including phenoxy) is 3. The highest BCUT2D eigenvalue weighted by atomic mass is 19.3. The molecule has 3 unspecified atom stereocenters. The van der Waals surface area contributed by atoms with Crippen LogP contribution >= 0.6 is 0 Å². The van der Waals surface area contributed by atoms with Gasteiger partial charge in [0.15, 0.2) is 0 Å². The van der Waals surface area contributed by atoms with Gasteiger partial charge in [-0.3, -0.25) is 4.90 Å². The average molecular weight is 405 g/mol. The average Bonchev–Trinajstić information content (AvgIpc) is 3.01. The Morgan fingerprint density at radius 1 is 1.14 bits per heavy atom. The van der Waals surface area contributed by atoms with E-state index in [1.54, 1.807) is 26.4 Å². The van der Waals surface area contributed by atoms with Crippen molar-refractivity contribution in [3.63, 3.8) is 0 Å². The normalized spacial score (nSPS) is 21.9. The van der Waals surface area contributed by atoms with Crippen LogP contribution in [0.2, 0.25) is 0 Å². The molecule has 0 amide bonds. The minimum Gasteiger partial charge on any atom is -0.496 e. The largest absolute Gasteiger partial charge is 0.496 e. The van der Waals surface area contributed by atoms with Crippen molar-refractivity contribution in [3.8, 4) is 17.2 Å². The van der Waals surface area contributed by atoms with Gasteiger partial charge in [-0.25, -0.2) is 0 Å². The van der Waals surface area contributed by atoms with Gasteiger partial charge >= 0.3 is 6.61 Å². The molecule has 0 saturated carbocycles. The standard InChI is InChI=1S/C22H25F2NO4/c1-14-10-17(21-19(27-2)8-5-9-20(21)28-3)25(18(14)13-26)12-15-6-4-7-16(11-15)29-22(23)24/h4-9,11,13-14,17-18,22H,10,12H2,1-3H3. The molecule has 5 nitrogen and oxygen atoms in total. The summed E-state index contributed by atoms with van der Waals surface area (Å²) < 4.78 is 40.8. The molecule has 2 aromatic rings. The van der Waals surface area contributed by atoms with E-state index < -0.39 is 6.61 Å². The number of methoxy groups -OCH3 is 2. The Hall–Kier alpha value is -2.67. The zero-order valence-corrected chi connectivity index (χ0v) is 16.7. The number of carbonyl (C=O) groups excluding carboxylic acids is 1. The van der Waals surface area contributed by atoms with Crippen LogP contribution in [0.15, 0.2) is 42.5 Å². The number of alkyl halides is 2. The summed E-state index contributed by atoms with van der Waals surface area (Å²) in [6, 6.07) is 11.7. The minimum absolute atomic E-state index is 0.0961. The van der Waals surface area contributed by atoms with E-state index >= 15 is 0 Å². The first-order valence-corrected chi connectivity index (χ1v) is 9.44. The lowest BCUT2D eigenvalue weighted by Crippen LogP contribution is -2.34. The molecular formula is C22H25F2NO4. The van der Waals surface area contributed by atoms with Crippen molar-refractivity contribution in [1.82, 2.24) is 4.90 Å². The Morgan fingerprint density at radius 2 is 1.79 bits per heavy atom. The van der Waals surface area contributed by atoms with Crippen LogP contribution < -0.4 is 14.2 Å². The molecule has 0 aliphatic carbocycles. The van der Waals surface area contributed by atoms with Crippen LogP contribution in [0.1, 0.15) is 30.5 Å². The van der Waals surface area contributed by atoms with Crippen molar-refractivity contribution in [2.24, 2.45) is 5.92 Å². The fraction of sp³-hybridized carbons (Fsp3) is 0.409. The molecule has 7 heteroatoms. The Bertz CT molecular complexity index is 823. The summed E-state index contributed by atoms with van der Waals surface area (Å²) >= 11 is 0. The van der Waals surface area contributed by atoms with E-state index in [-0.39, 0.29) is 23.8 Å². The molecule has 29 heavy (non-hydrogen) atoms. The van der Waals surface area contributed by atoms with Gasteiger partial charge in [-0.15, -0.1) is 0 Å². The van der Waals surface area contributed by atoms with Gasteiger partial charge in [0.1, 0.15) is 23.5 Å². The van der Waals surface area contributed by atoms with Crippen LogP contribution in [0, 0.1) is 5.92 Å². The van der Waals surface area contributed by atoms with Crippen molar-refractivity contribution >= 4 is 6.29 Å². The number of aldehydes is 1. The molecule has 156 valence electrons. The third kappa shape index (κ3) is 4.50. The molecule has 2 aromatic carbocycles. The van der Waals surface area contributed by atoms with E-state index in [9.17, 15) is 13.6 Å². The summed E-state index contributed by atoms with van der Waals surface area (Å²) in [4.78, 5) is 14.0. The second-order valence-electron chi connectivity index (χ2n) is 7.13. The summed E-state index contributed by atoms with van der Waals surface area (Å²) in [6.45, 7) is -0.449. The molecular weight excluding hydrogens is 380 g/mol. The lowest BCUT2D eigenvalue weighted by molar-refractivity contribution is -0.113. The van der Waals surface area contributed by atoms with Crippen LogP contribution in [0.4, 0.5) is 8.78 Å². The molecule has 0 N–H and O–H groups in total. The van der Waals surface area contributed by atoms with Crippen LogP contribution in [0.25, 0.3) is 0 Å². The van der Waals surface area contributed by atoms with Crippen molar-refractivity contribution in [3.05, 3.63) is 53.6 Å².